The lowest BCUT2D eigenvalue weighted by Gasteiger charge is -2.12. The van der Waals surface area contributed by atoms with E-state index < -0.39 is 0 Å². The Hall–Kier alpha value is -1.06. The van der Waals surface area contributed by atoms with E-state index in [2.05, 4.69) is 4.74 Å². The van der Waals surface area contributed by atoms with Crippen molar-refractivity contribution in [2.24, 2.45) is 5.92 Å². The zero-order valence-electron chi connectivity index (χ0n) is 7.91. The molecule has 0 aliphatic carbocycles. The third-order valence-electron chi connectivity index (χ3n) is 2.12. The van der Waals surface area contributed by atoms with E-state index in [1.54, 1.807) is 6.92 Å². The van der Waals surface area contributed by atoms with E-state index in [1.807, 2.05) is 6.92 Å². The molecule has 2 atom stereocenters. The van der Waals surface area contributed by atoms with Crippen LogP contribution in [0, 0.1) is 5.92 Å². The van der Waals surface area contributed by atoms with Gasteiger partial charge in [0.05, 0.1) is 12.3 Å². The van der Waals surface area contributed by atoms with Gasteiger partial charge in [-0.15, -0.1) is 0 Å². The van der Waals surface area contributed by atoms with Gasteiger partial charge < -0.3 is 9.47 Å². The minimum absolute atomic E-state index is 0.101. The summed E-state index contributed by atoms with van der Waals surface area (Å²) in [5.74, 6) is -0.636. The van der Waals surface area contributed by atoms with Crippen molar-refractivity contribution in [2.45, 2.75) is 32.8 Å². The van der Waals surface area contributed by atoms with Gasteiger partial charge in [0.15, 0.2) is 0 Å². The van der Waals surface area contributed by atoms with Gasteiger partial charge in [0.25, 0.3) is 0 Å². The van der Waals surface area contributed by atoms with Gasteiger partial charge in [0.1, 0.15) is 12.7 Å². The van der Waals surface area contributed by atoms with Crippen LogP contribution < -0.4 is 0 Å². The standard InChI is InChI=1S/C9H14O4/c1-3-6(2)9(11)13-7-4-8(10)12-5-7/h6-7H,3-5H2,1-2H3. The quantitative estimate of drug-likeness (QED) is 0.614. The monoisotopic (exact) mass is 186 g/mol. The molecule has 74 valence electrons. The molecule has 0 aromatic rings. The topological polar surface area (TPSA) is 52.6 Å². The highest BCUT2D eigenvalue weighted by Gasteiger charge is 2.28. The van der Waals surface area contributed by atoms with E-state index in [9.17, 15) is 9.59 Å². The van der Waals surface area contributed by atoms with Gasteiger partial charge in [-0.2, -0.15) is 0 Å². The summed E-state index contributed by atoms with van der Waals surface area (Å²) >= 11 is 0. The maximum absolute atomic E-state index is 11.2. The fourth-order valence-electron chi connectivity index (χ4n) is 1.01. The molecule has 4 heteroatoms. The van der Waals surface area contributed by atoms with Crippen LogP contribution >= 0.6 is 0 Å². The van der Waals surface area contributed by atoms with E-state index in [0.29, 0.717) is 0 Å². The van der Waals surface area contributed by atoms with E-state index in [1.165, 1.54) is 0 Å². The molecular weight excluding hydrogens is 172 g/mol. The summed E-state index contributed by atoms with van der Waals surface area (Å²) in [4.78, 5) is 21.9. The van der Waals surface area contributed by atoms with Crippen LogP contribution in [0.4, 0.5) is 0 Å². The van der Waals surface area contributed by atoms with Gasteiger partial charge in [0.2, 0.25) is 0 Å². The minimum Gasteiger partial charge on any atom is -0.462 e. The molecule has 0 aromatic carbocycles. The lowest BCUT2D eigenvalue weighted by molar-refractivity contribution is -0.153. The van der Waals surface area contributed by atoms with Crippen LogP contribution in [0.25, 0.3) is 0 Å². The van der Waals surface area contributed by atoms with Crippen LogP contribution in [0.1, 0.15) is 26.7 Å². The number of carbonyl (C=O) groups is 2. The maximum atomic E-state index is 11.2. The van der Waals surface area contributed by atoms with Gasteiger partial charge in [-0.1, -0.05) is 13.8 Å². The lowest BCUT2D eigenvalue weighted by atomic mass is 10.1. The Morgan fingerprint density at radius 1 is 1.77 bits per heavy atom. The Morgan fingerprint density at radius 3 is 2.92 bits per heavy atom. The largest absolute Gasteiger partial charge is 0.462 e. The molecule has 13 heavy (non-hydrogen) atoms. The third kappa shape index (κ3) is 2.72. The normalized spacial score (nSPS) is 23.8. The highest BCUT2D eigenvalue weighted by Crippen LogP contribution is 2.13. The van der Waals surface area contributed by atoms with Crippen LogP contribution in [0.2, 0.25) is 0 Å². The predicted octanol–water partition coefficient (Wildman–Crippen LogP) is 0.891. The van der Waals surface area contributed by atoms with Crippen molar-refractivity contribution in [1.82, 2.24) is 0 Å². The average molecular weight is 186 g/mol. The number of hydrogen-bond donors (Lipinski definition) is 0. The summed E-state index contributed by atoms with van der Waals surface area (Å²) in [6.07, 6.45) is 0.580. The van der Waals surface area contributed by atoms with Crippen LogP contribution in [-0.4, -0.2) is 24.6 Å². The highest BCUT2D eigenvalue weighted by molar-refractivity contribution is 5.75. The summed E-state index contributed by atoms with van der Waals surface area (Å²) in [6.45, 7) is 3.93. The first-order chi connectivity index (χ1) is 6.13. The second kappa shape index (κ2) is 4.25. The molecular formula is C9H14O4. The van der Waals surface area contributed by atoms with Gasteiger partial charge >= 0.3 is 11.9 Å². The van der Waals surface area contributed by atoms with E-state index in [0.717, 1.165) is 6.42 Å². The average Bonchev–Trinajstić information content (AvgIpc) is 2.49. The molecule has 1 aliphatic heterocycles. The van der Waals surface area contributed by atoms with E-state index in [4.69, 9.17) is 4.74 Å². The van der Waals surface area contributed by atoms with E-state index >= 15 is 0 Å². The van der Waals surface area contributed by atoms with Crippen LogP contribution in [0.5, 0.6) is 0 Å². The van der Waals surface area contributed by atoms with Crippen molar-refractivity contribution in [3.63, 3.8) is 0 Å². The zero-order valence-corrected chi connectivity index (χ0v) is 7.91. The number of carbonyl (C=O) groups excluding carboxylic acids is 2. The summed E-state index contributed by atoms with van der Waals surface area (Å²) in [5, 5.41) is 0. The second-order valence-electron chi connectivity index (χ2n) is 3.26. The summed E-state index contributed by atoms with van der Waals surface area (Å²) in [5.41, 5.74) is 0. The zero-order chi connectivity index (χ0) is 9.84. The van der Waals surface area contributed by atoms with Crippen molar-refractivity contribution >= 4 is 11.9 Å². The molecule has 0 radical (unpaired) electrons. The molecule has 1 aliphatic rings. The minimum atomic E-state index is -0.367. The molecule has 1 heterocycles. The highest BCUT2D eigenvalue weighted by atomic mass is 16.6. The Kier molecular flexibility index (Phi) is 3.28. The SMILES string of the molecule is CCC(C)C(=O)OC1COC(=O)C1. The molecule has 0 bridgehead atoms. The number of ether oxygens (including phenoxy) is 2. The van der Waals surface area contributed by atoms with Crippen LogP contribution in [-0.2, 0) is 19.1 Å². The van der Waals surface area contributed by atoms with Gasteiger partial charge in [-0.05, 0) is 6.42 Å². The van der Waals surface area contributed by atoms with E-state index in [-0.39, 0.29) is 37.0 Å². The Bertz CT molecular complexity index is 212. The van der Waals surface area contributed by atoms with Crippen molar-refractivity contribution in [1.29, 1.82) is 0 Å². The van der Waals surface area contributed by atoms with Gasteiger partial charge in [-0.3, -0.25) is 9.59 Å². The maximum Gasteiger partial charge on any atom is 0.309 e. The summed E-state index contributed by atoms with van der Waals surface area (Å²) < 4.78 is 9.71. The Labute approximate surface area is 77.2 Å². The molecule has 1 saturated heterocycles. The van der Waals surface area contributed by atoms with Crippen molar-refractivity contribution < 1.29 is 19.1 Å². The third-order valence-corrected chi connectivity index (χ3v) is 2.12. The van der Waals surface area contributed by atoms with Crippen LogP contribution in [0.3, 0.4) is 0 Å². The fraction of sp³-hybridized carbons (Fsp3) is 0.778. The molecule has 1 rings (SSSR count). The van der Waals surface area contributed by atoms with Gasteiger partial charge in [-0.25, -0.2) is 0 Å². The second-order valence-corrected chi connectivity index (χ2v) is 3.26. The number of hydrogen-bond acceptors (Lipinski definition) is 4. The smallest absolute Gasteiger partial charge is 0.309 e. The van der Waals surface area contributed by atoms with Crippen molar-refractivity contribution in [3.05, 3.63) is 0 Å². The molecule has 2 unspecified atom stereocenters. The number of cyclic esters (lactones) is 1. The number of rotatable bonds is 3. The molecule has 0 spiro atoms. The lowest BCUT2D eigenvalue weighted by Crippen LogP contribution is -2.22. The summed E-state index contributed by atoms with van der Waals surface area (Å²) in [7, 11) is 0. The molecule has 0 saturated carbocycles. The molecule has 0 N–H and O–H groups in total. The Morgan fingerprint density at radius 2 is 2.46 bits per heavy atom. The first kappa shape index (κ1) is 10.0. The fourth-order valence-corrected chi connectivity index (χ4v) is 1.01. The molecule has 4 nitrogen and oxygen atoms in total. The number of esters is 2. The first-order valence-corrected chi connectivity index (χ1v) is 4.49. The molecule has 1 fully saturated rings. The first-order valence-electron chi connectivity index (χ1n) is 4.49. The summed E-state index contributed by atoms with van der Waals surface area (Å²) in [6, 6.07) is 0. The van der Waals surface area contributed by atoms with Crippen molar-refractivity contribution in [3.8, 4) is 0 Å². The Balaban J connectivity index is 2.32. The molecule has 0 aromatic heterocycles. The van der Waals surface area contributed by atoms with Gasteiger partial charge in [0, 0.05) is 0 Å². The predicted molar refractivity (Wildman–Crippen MR) is 44.9 cm³/mol. The van der Waals surface area contributed by atoms with Crippen LogP contribution in [0.15, 0.2) is 0 Å². The van der Waals surface area contributed by atoms with Crippen molar-refractivity contribution in [2.75, 3.05) is 6.61 Å². The molecule has 0 amide bonds.